The standard InChI is InChI=1S/C17H14N2O6/c1-19-11-9(15(20)18-17(19)22)8-7-5-6-3-4-24-12(6)14(23-2)13(7)25-16(21)10(8)11/h3-5,8-11H,1-2H3,(H,18,20,22). The number of amides is 3. The second-order valence-corrected chi connectivity index (χ2v) is 6.56. The number of urea groups is 1. The Balaban J connectivity index is 1.71. The maximum atomic E-state index is 12.6. The van der Waals surface area contributed by atoms with Gasteiger partial charge in [0.05, 0.1) is 31.3 Å². The minimum atomic E-state index is -0.563. The number of carbonyl (C=O) groups is 3. The van der Waals surface area contributed by atoms with Gasteiger partial charge in [0.2, 0.25) is 11.7 Å². The lowest BCUT2D eigenvalue weighted by Crippen LogP contribution is -2.72. The van der Waals surface area contributed by atoms with Crippen LogP contribution in [-0.4, -0.2) is 43.0 Å². The van der Waals surface area contributed by atoms with E-state index >= 15 is 0 Å². The number of rotatable bonds is 1. The van der Waals surface area contributed by atoms with E-state index in [1.165, 1.54) is 18.3 Å². The van der Waals surface area contributed by atoms with E-state index in [4.69, 9.17) is 13.9 Å². The van der Waals surface area contributed by atoms with Crippen LogP contribution >= 0.6 is 0 Å². The van der Waals surface area contributed by atoms with Crippen molar-refractivity contribution >= 4 is 28.9 Å². The summed E-state index contributed by atoms with van der Waals surface area (Å²) in [5, 5.41) is 3.15. The van der Waals surface area contributed by atoms with Crippen LogP contribution in [0.15, 0.2) is 22.8 Å². The SMILES string of the molecule is COc1c2c(cc3ccoc13)C1C3C(=O)NC(=O)N(C)C3C1C(=O)O2. The zero-order chi connectivity index (χ0) is 17.5. The predicted molar refractivity (Wildman–Crippen MR) is 83.2 cm³/mol. The Kier molecular flexibility index (Phi) is 2.60. The number of ether oxygens (including phenoxy) is 2. The molecule has 0 spiro atoms. The van der Waals surface area contributed by atoms with Crippen LogP contribution in [0.2, 0.25) is 0 Å². The van der Waals surface area contributed by atoms with Crippen LogP contribution in [0.5, 0.6) is 11.5 Å². The van der Waals surface area contributed by atoms with E-state index in [2.05, 4.69) is 5.32 Å². The lowest BCUT2D eigenvalue weighted by atomic mass is 9.55. The first kappa shape index (κ1) is 14.3. The van der Waals surface area contributed by atoms with Gasteiger partial charge in [-0.15, -0.1) is 0 Å². The van der Waals surface area contributed by atoms with Gasteiger partial charge in [0, 0.05) is 23.9 Å². The molecule has 3 heterocycles. The van der Waals surface area contributed by atoms with Crippen LogP contribution in [0.3, 0.4) is 0 Å². The van der Waals surface area contributed by atoms with E-state index in [-0.39, 0.29) is 11.8 Å². The number of fused-ring (bicyclic) bond motifs is 7. The van der Waals surface area contributed by atoms with Crippen molar-refractivity contribution in [2.45, 2.75) is 12.0 Å². The van der Waals surface area contributed by atoms with Crippen molar-refractivity contribution in [3.63, 3.8) is 0 Å². The van der Waals surface area contributed by atoms with E-state index in [9.17, 15) is 14.4 Å². The van der Waals surface area contributed by atoms with E-state index < -0.39 is 29.9 Å². The highest BCUT2D eigenvalue weighted by molar-refractivity contribution is 6.03. The summed E-state index contributed by atoms with van der Waals surface area (Å²) in [5.41, 5.74) is 1.22. The van der Waals surface area contributed by atoms with Gasteiger partial charge in [0.25, 0.3) is 0 Å². The molecule has 5 rings (SSSR count). The lowest BCUT2D eigenvalue weighted by Gasteiger charge is -2.56. The number of nitrogens with zero attached hydrogens (tertiary/aromatic N) is 1. The summed E-state index contributed by atoms with van der Waals surface area (Å²) in [7, 11) is 3.05. The number of furan rings is 1. The molecule has 0 radical (unpaired) electrons. The Morgan fingerprint density at radius 1 is 1.20 bits per heavy atom. The monoisotopic (exact) mass is 342 g/mol. The molecule has 1 N–H and O–H groups in total. The second kappa shape index (κ2) is 4.53. The molecule has 2 aliphatic heterocycles. The van der Waals surface area contributed by atoms with Gasteiger partial charge in [-0.05, 0) is 12.1 Å². The number of esters is 1. The number of methoxy groups -OCH3 is 1. The molecule has 0 bridgehead atoms. The van der Waals surface area contributed by atoms with E-state index in [1.54, 1.807) is 13.1 Å². The van der Waals surface area contributed by atoms with Crippen molar-refractivity contribution in [3.05, 3.63) is 24.0 Å². The van der Waals surface area contributed by atoms with Crippen molar-refractivity contribution in [3.8, 4) is 11.5 Å². The zero-order valence-corrected chi connectivity index (χ0v) is 13.4. The number of benzene rings is 1. The second-order valence-electron chi connectivity index (χ2n) is 6.56. The third kappa shape index (κ3) is 1.59. The summed E-state index contributed by atoms with van der Waals surface area (Å²) in [6, 6.07) is 2.67. The van der Waals surface area contributed by atoms with Crippen molar-refractivity contribution < 1.29 is 28.3 Å². The minimum Gasteiger partial charge on any atom is -0.490 e. The Morgan fingerprint density at radius 3 is 2.76 bits per heavy atom. The van der Waals surface area contributed by atoms with E-state index in [1.807, 2.05) is 6.07 Å². The topological polar surface area (TPSA) is 98.1 Å². The number of hydrogen-bond acceptors (Lipinski definition) is 6. The fourth-order valence-corrected chi connectivity index (χ4v) is 4.40. The third-order valence-corrected chi connectivity index (χ3v) is 5.53. The summed E-state index contributed by atoms with van der Waals surface area (Å²) in [6.07, 6.45) is 1.53. The third-order valence-electron chi connectivity index (χ3n) is 5.53. The molecular weight excluding hydrogens is 328 g/mol. The lowest BCUT2D eigenvalue weighted by molar-refractivity contribution is -0.160. The van der Waals surface area contributed by atoms with Gasteiger partial charge >= 0.3 is 12.0 Å². The Hall–Kier alpha value is -3.03. The highest BCUT2D eigenvalue weighted by Crippen LogP contribution is 2.59. The first-order valence-corrected chi connectivity index (χ1v) is 7.90. The summed E-state index contributed by atoms with van der Waals surface area (Å²) in [6.45, 7) is 0. The molecule has 1 aromatic heterocycles. The number of imide groups is 1. The molecule has 2 fully saturated rings. The fourth-order valence-electron chi connectivity index (χ4n) is 4.40. The molecule has 25 heavy (non-hydrogen) atoms. The van der Waals surface area contributed by atoms with Crippen molar-refractivity contribution in [2.24, 2.45) is 11.8 Å². The predicted octanol–water partition coefficient (Wildman–Crippen LogP) is 1.24. The molecule has 4 atom stereocenters. The van der Waals surface area contributed by atoms with Crippen LogP contribution in [0, 0.1) is 11.8 Å². The molecule has 4 unspecified atom stereocenters. The van der Waals surface area contributed by atoms with Gasteiger partial charge in [-0.3, -0.25) is 14.9 Å². The fraction of sp³-hybridized carbons (Fsp3) is 0.353. The summed E-state index contributed by atoms with van der Waals surface area (Å²) >= 11 is 0. The van der Waals surface area contributed by atoms with Crippen molar-refractivity contribution in [1.82, 2.24) is 10.2 Å². The van der Waals surface area contributed by atoms with Crippen LogP contribution in [-0.2, 0) is 9.59 Å². The van der Waals surface area contributed by atoms with Crippen LogP contribution in [0.1, 0.15) is 11.5 Å². The Bertz CT molecular complexity index is 963. The van der Waals surface area contributed by atoms with Crippen molar-refractivity contribution in [1.29, 1.82) is 0 Å². The average molecular weight is 342 g/mol. The molecule has 1 aromatic carbocycles. The van der Waals surface area contributed by atoms with E-state index in [0.29, 0.717) is 17.1 Å². The largest absolute Gasteiger partial charge is 0.490 e. The van der Waals surface area contributed by atoms with Crippen LogP contribution in [0.25, 0.3) is 11.0 Å². The number of hydrogen-bond donors (Lipinski definition) is 1. The van der Waals surface area contributed by atoms with Crippen LogP contribution in [0.4, 0.5) is 4.79 Å². The Labute approximate surface area is 141 Å². The van der Waals surface area contributed by atoms with Crippen molar-refractivity contribution in [2.75, 3.05) is 14.2 Å². The molecule has 8 nitrogen and oxygen atoms in total. The molecule has 3 amide bonds. The quantitative estimate of drug-likeness (QED) is 0.618. The molecule has 1 saturated carbocycles. The van der Waals surface area contributed by atoms with E-state index in [0.717, 1.165) is 10.9 Å². The average Bonchev–Trinajstić information content (AvgIpc) is 3.00. The molecule has 2 aromatic rings. The first-order chi connectivity index (χ1) is 12.0. The maximum absolute atomic E-state index is 12.6. The molecule has 8 heteroatoms. The van der Waals surface area contributed by atoms with Gasteiger partial charge in [-0.1, -0.05) is 0 Å². The van der Waals surface area contributed by atoms with Gasteiger partial charge in [0.1, 0.15) is 0 Å². The summed E-state index contributed by atoms with van der Waals surface area (Å²) < 4.78 is 16.4. The molecule has 3 aliphatic rings. The van der Waals surface area contributed by atoms with Gasteiger partial charge in [-0.25, -0.2) is 4.79 Å². The number of nitrogens with one attached hydrogen (secondary N) is 1. The Morgan fingerprint density at radius 2 is 2.00 bits per heavy atom. The maximum Gasteiger partial charge on any atom is 0.324 e. The van der Waals surface area contributed by atoms with Crippen LogP contribution < -0.4 is 14.8 Å². The molecule has 1 saturated heterocycles. The normalized spacial score (nSPS) is 30.0. The zero-order valence-electron chi connectivity index (χ0n) is 13.4. The van der Waals surface area contributed by atoms with Gasteiger partial charge < -0.3 is 18.8 Å². The highest BCUT2D eigenvalue weighted by atomic mass is 16.6. The van der Waals surface area contributed by atoms with Gasteiger partial charge in [-0.2, -0.15) is 0 Å². The molecule has 1 aliphatic carbocycles. The smallest absolute Gasteiger partial charge is 0.324 e. The highest BCUT2D eigenvalue weighted by Gasteiger charge is 2.65. The minimum absolute atomic E-state index is 0.294. The summed E-state index contributed by atoms with van der Waals surface area (Å²) in [4.78, 5) is 38.3. The summed E-state index contributed by atoms with van der Waals surface area (Å²) in [5.74, 6) is -1.60. The molecule has 128 valence electrons. The number of carbonyl (C=O) groups excluding carboxylic acids is 3. The molecular formula is C17H14N2O6. The van der Waals surface area contributed by atoms with Gasteiger partial charge in [0.15, 0.2) is 11.3 Å². The first-order valence-electron chi connectivity index (χ1n) is 7.90.